The highest BCUT2D eigenvalue weighted by Crippen LogP contribution is 2.16. The molecule has 0 fully saturated rings. The first-order valence-electron chi connectivity index (χ1n) is 21.3. The third-order valence-electron chi connectivity index (χ3n) is 9.66. The third kappa shape index (κ3) is 36.2. The number of aliphatic hydroxyl groups excluding tert-OH is 3. The van der Waals surface area contributed by atoms with Crippen molar-refractivity contribution in [3.05, 3.63) is 36.5 Å². The Morgan fingerprint density at radius 2 is 0.878 bits per heavy atom. The fourth-order valence-electron chi connectivity index (χ4n) is 6.36. The minimum absolute atomic E-state index is 0.00474. The molecule has 288 valence electrons. The zero-order chi connectivity index (χ0) is 35.9. The molecule has 0 aromatic rings. The van der Waals surface area contributed by atoms with Crippen LogP contribution in [0.25, 0.3) is 0 Å². The molecule has 0 rings (SSSR count). The molecule has 0 saturated carbocycles. The molecule has 1 amide bonds. The second-order valence-corrected chi connectivity index (χ2v) is 14.6. The predicted molar refractivity (Wildman–Crippen MR) is 213 cm³/mol. The highest BCUT2D eigenvalue weighted by molar-refractivity contribution is 5.76. The fraction of sp³-hybridized carbons (Fsp3) is 0.841. The number of amides is 1. The molecule has 0 radical (unpaired) electrons. The van der Waals surface area contributed by atoms with Crippen molar-refractivity contribution in [1.82, 2.24) is 5.32 Å². The van der Waals surface area contributed by atoms with Gasteiger partial charge in [0.1, 0.15) is 0 Å². The van der Waals surface area contributed by atoms with E-state index in [2.05, 4.69) is 43.5 Å². The summed E-state index contributed by atoms with van der Waals surface area (Å²) >= 11 is 0. The van der Waals surface area contributed by atoms with Crippen LogP contribution in [0.4, 0.5) is 0 Å². The molecule has 0 aliphatic rings. The van der Waals surface area contributed by atoms with E-state index < -0.39 is 18.2 Å². The minimum Gasteiger partial charge on any atom is -0.394 e. The Morgan fingerprint density at radius 1 is 0.510 bits per heavy atom. The number of unbranched alkanes of at least 4 members (excludes halogenated alkanes) is 25. The summed E-state index contributed by atoms with van der Waals surface area (Å²) in [6, 6.07) is -0.764. The number of aliphatic hydroxyl groups is 3. The molecule has 3 unspecified atom stereocenters. The second kappa shape index (κ2) is 39.4. The van der Waals surface area contributed by atoms with Crippen LogP contribution in [0.3, 0.4) is 0 Å². The van der Waals surface area contributed by atoms with Crippen molar-refractivity contribution in [2.24, 2.45) is 0 Å². The van der Waals surface area contributed by atoms with Crippen LogP contribution >= 0.6 is 0 Å². The van der Waals surface area contributed by atoms with Gasteiger partial charge in [0.15, 0.2) is 0 Å². The van der Waals surface area contributed by atoms with E-state index in [1.165, 1.54) is 148 Å². The molecule has 0 bridgehead atoms. The van der Waals surface area contributed by atoms with Gasteiger partial charge in [0, 0.05) is 0 Å². The Balaban J connectivity index is 3.64. The van der Waals surface area contributed by atoms with Gasteiger partial charge in [-0.25, -0.2) is 0 Å². The first-order valence-corrected chi connectivity index (χ1v) is 21.3. The van der Waals surface area contributed by atoms with E-state index >= 15 is 0 Å². The highest BCUT2D eigenvalue weighted by Gasteiger charge is 2.20. The van der Waals surface area contributed by atoms with Crippen molar-refractivity contribution < 1.29 is 20.1 Å². The molecule has 5 nitrogen and oxygen atoms in total. The quantitative estimate of drug-likeness (QED) is 0.0384. The van der Waals surface area contributed by atoms with Gasteiger partial charge in [0.25, 0.3) is 0 Å². The maximum Gasteiger partial charge on any atom is 0.222 e. The summed E-state index contributed by atoms with van der Waals surface area (Å²) in [5.41, 5.74) is 0. The van der Waals surface area contributed by atoms with E-state index in [1.54, 1.807) is 6.08 Å². The van der Waals surface area contributed by atoms with E-state index in [1.807, 2.05) is 6.08 Å². The SMILES string of the molecule is CCCC/C=C/CC/C=C/CC/C=C/C(O)C(CO)NC(=O)CC(O)CCCCCCCCCCCCCCCCCCCCCCCC. The van der Waals surface area contributed by atoms with Crippen molar-refractivity contribution in [1.29, 1.82) is 0 Å². The summed E-state index contributed by atoms with van der Waals surface area (Å²) in [7, 11) is 0. The monoisotopic (exact) mass is 690 g/mol. The number of carbonyl (C=O) groups is 1. The standard InChI is InChI=1S/C44H83NO4/c1-3-5-7-9-11-13-15-17-18-19-20-21-22-23-24-25-26-27-29-31-33-35-37-41(47)39-44(49)45-42(40-46)43(48)38-36-34-32-30-28-16-14-12-10-8-6-4-2/h10,12,28,30,36,38,41-43,46-48H,3-9,11,13-27,29,31-35,37,39-40H2,1-2H3,(H,45,49)/b12-10+,30-28+,38-36+. The Hall–Kier alpha value is -1.43. The van der Waals surface area contributed by atoms with Gasteiger partial charge in [0.2, 0.25) is 5.91 Å². The van der Waals surface area contributed by atoms with Gasteiger partial charge < -0.3 is 20.6 Å². The molecule has 49 heavy (non-hydrogen) atoms. The third-order valence-corrected chi connectivity index (χ3v) is 9.66. The van der Waals surface area contributed by atoms with Crippen molar-refractivity contribution >= 4 is 5.91 Å². The Kier molecular flexibility index (Phi) is 38.2. The summed E-state index contributed by atoms with van der Waals surface area (Å²) < 4.78 is 0. The largest absolute Gasteiger partial charge is 0.394 e. The first kappa shape index (κ1) is 47.6. The van der Waals surface area contributed by atoms with Gasteiger partial charge in [-0.05, 0) is 38.5 Å². The lowest BCUT2D eigenvalue weighted by Crippen LogP contribution is -2.45. The van der Waals surface area contributed by atoms with Crippen LogP contribution < -0.4 is 5.32 Å². The molecule has 0 aliphatic carbocycles. The summed E-state index contributed by atoms with van der Waals surface area (Å²) in [6.45, 7) is 4.15. The molecule has 0 aromatic heterocycles. The van der Waals surface area contributed by atoms with Gasteiger partial charge in [-0.1, -0.05) is 204 Å². The lowest BCUT2D eigenvalue weighted by atomic mass is 10.0. The molecule has 4 N–H and O–H groups in total. The summed E-state index contributed by atoms with van der Waals surface area (Å²) in [5, 5.41) is 33.1. The lowest BCUT2D eigenvalue weighted by Gasteiger charge is -2.21. The van der Waals surface area contributed by atoms with Crippen LogP contribution in [0.5, 0.6) is 0 Å². The lowest BCUT2D eigenvalue weighted by molar-refractivity contribution is -0.124. The minimum atomic E-state index is -0.956. The van der Waals surface area contributed by atoms with Crippen molar-refractivity contribution in [3.63, 3.8) is 0 Å². The Bertz CT molecular complexity index is 764. The topological polar surface area (TPSA) is 89.8 Å². The smallest absolute Gasteiger partial charge is 0.222 e. The number of carbonyl (C=O) groups excluding carboxylic acids is 1. The van der Waals surface area contributed by atoms with Gasteiger partial charge in [-0.15, -0.1) is 0 Å². The van der Waals surface area contributed by atoms with E-state index in [0.717, 1.165) is 38.5 Å². The van der Waals surface area contributed by atoms with Gasteiger partial charge in [-0.2, -0.15) is 0 Å². The molecule has 0 saturated heterocycles. The van der Waals surface area contributed by atoms with Crippen molar-refractivity contribution in [2.75, 3.05) is 6.61 Å². The van der Waals surface area contributed by atoms with Crippen LogP contribution in [0.1, 0.15) is 213 Å². The molecule has 0 heterocycles. The van der Waals surface area contributed by atoms with E-state index in [9.17, 15) is 20.1 Å². The van der Waals surface area contributed by atoms with Crippen LogP contribution in [-0.4, -0.2) is 46.1 Å². The maximum atomic E-state index is 12.4. The molecule has 0 aliphatic heterocycles. The van der Waals surface area contributed by atoms with E-state index in [-0.39, 0.29) is 18.9 Å². The van der Waals surface area contributed by atoms with Gasteiger partial charge in [-0.3, -0.25) is 4.79 Å². The van der Waals surface area contributed by atoms with Crippen LogP contribution in [-0.2, 0) is 4.79 Å². The molecule has 5 heteroatoms. The Labute approximate surface area is 304 Å². The molecular weight excluding hydrogens is 606 g/mol. The number of nitrogens with one attached hydrogen (secondary N) is 1. The summed E-state index contributed by atoms with van der Waals surface area (Å²) in [4.78, 5) is 12.4. The molecule has 3 atom stereocenters. The van der Waals surface area contributed by atoms with Gasteiger partial charge in [0.05, 0.1) is 31.3 Å². The average molecular weight is 690 g/mol. The number of rotatable bonds is 38. The second-order valence-electron chi connectivity index (χ2n) is 14.6. The van der Waals surface area contributed by atoms with E-state index in [0.29, 0.717) is 6.42 Å². The number of hydrogen-bond donors (Lipinski definition) is 4. The van der Waals surface area contributed by atoms with Crippen molar-refractivity contribution in [2.45, 2.75) is 231 Å². The van der Waals surface area contributed by atoms with Crippen LogP contribution in [0.2, 0.25) is 0 Å². The summed E-state index contributed by atoms with van der Waals surface area (Å²) in [5.74, 6) is -0.329. The highest BCUT2D eigenvalue weighted by atomic mass is 16.3. The zero-order valence-corrected chi connectivity index (χ0v) is 32.6. The van der Waals surface area contributed by atoms with Gasteiger partial charge >= 0.3 is 0 Å². The molecule has 0 aromatic carbocycles. The number of hydrogen-bond acceptors (Lipinski definition) is 4. The van der Waals surface area contributed by atoms with Crippen molar-refractivity contribution in [3.8, 4) is 0 Å². The number of allylic oxidation sites excluding steroid dienone is 5. The van der Waals surface area contributed by atoms with E-state index in [4.69, 9.17) is 0 Å². The zero-order valence-electron chi connectivity index (χ0n) is 32.6. The predicted octanol–water partition coefficient (Wildman–Crippen LogP) is 12.0. The molecular formula is C44H83NO4. The maximum absolute atomic E-state index is 12.4. The molecule has 0 spiro atoms. The van der Waals surface area contributed by atoms with Crippen LogP contribution in [0, 0.1) is 0 Å². The first-order chi connectivity index (χ1) is 24.0. The fourth-order valence-corrected chi connectivity index (χ4v) is 6.36. The normalized spacial score (nSPS) is 14.0. The summed E-state index contributed by atoms with van der Waals surface area (Å²) in [6.07, 6.45) is 48.6. The van der Waals surface area contributed by atoms with Crippen LogP contribution in [0.15, 0.2) is 36.5 Å². The Morgan fingerprint density at radius 3 is 1.29 bits per heavy atom. The average Bonchev–Trinajstić information content (AvgIpc) is 3.09.